The summed E-state index contributed by atoms with van der Waals surface area (Å²) in [5, 5.41) is 14.6. The second-order valence-electron chi connectivity index (χ2n) is 7.76. The Morgan fingerprint density at radius 3 is 2.72 bits per heavy atom. The van der Waals surface area contributed by atoms with E-state index < -0.39 is 10.7 Å². The smallest absolute Gasteiger partial charge is 0.271 e. The number of fused-ring (bicyclic) bond motifs is 2. The number of pyridine rings is 1. The van der Waals surface area contributed by atoms with Gasteiger partial charge in [0.1, 0.15) is 11.6 Å². The zero-order valence-corrected chi connectivity index (χ0v) is 17.4. The Labute approximate surface area is 181 Å². The number of halogens is 1. The Hall–Kier alpha value is -3.79. The lowest BCUT2D eigenvalue weighted by Crippen LogP contribution is -2.43. The van der Waals surface area contributed by atoms with E-state index in [1.165, 1.54) is 24.3 Å². The van der Waals surface area contributed by atoms with Gasteiger partial charge in [-0.15, -0.1) is 0 Å². The first-order valence-corrected chi connectivity index (χ1v) is 10.4. The van der Waals surface area contributed by atoms with Crippen molar-refractivity contribution < 1.29 is 9.31 Å². The minimum absolute atomic E-state index is 0.0697. The number of imidazole rings is 1. The minimum Gasteiger partial charge on any atom is -0.367 e. The normalized spacial score (nSPS) is 14.4. The lowest BCUT2D eigenvalue weighted by Gasteiger charge is -2.30. The third-order valence-electron chi connectivity index (χ3n) is 5.88. The van der Waals surface area contributed by atoms with E-state index in [1.54, 1.807) is 12.3 Å². The molecule has 5 rings (SSSR count). The molecule has 164 valence electrons. The molecule has 0 spiro atoms. The summed E-state index contributed by atoms with van der Waals surface area (Å²) in [7, 11) is 0. The Kier molecular flexibility index (Phi) is 4.86. The second kappa shape index (κ2) is 7.72. The van der Waals surface area contributed by atoms with Crippen LogP contribution in [0, 0.1) is 15.9 Å². The van der Waals surface area contributed by atoms with E-state index in [-0.39, 0.29) is 22.1 Å². The maximum absolute atomic E-state index is 15.0. The van der Waals surface area contributed by atoms with Gasteiger partial charge in [-0.2, -0.15) is 0 Å². The van der Waals surface area contributed by atoms with Crippen LogP contribution in [-0.2, 0) is 6.54 Å². The molecule has 1 saturated heterocycles. The molecule has 2 aromatic carbocycles. The standard InChI is InChI=1S/C22H21FN6O3/c1-2-27-12-15(22-25-17-4-3-13(29(31)32)9-18(17)26-22)21(30)14-10-16(23)20(11-19(14)27)28-7-5-24-6-8-28/h3-4,9-12,24H,2,5-8H2,1H3,(H,25,26). The summed E-state index contributed by atoms with van der Waals surface area (Å²) in [6.45, 7) is 5.47. The zero-order chi connectivity index (χ0) is 22.4. The van der Waals surface area contributed by atoms with Crippen LogP contribution in [0.5, 0.6) is 0 Å². The number of piperazine rings is 1. The number of nitro benzene ring substituents is 1. The second-order valence-corrected chi connectivity index (χ2v) is 7.76. The maximum atomic E-state index is 15.0. The monoisotopic (exact) mass is 436 g/mol. The van der Waals surface area contributed by atoms with Crippen LogP contribution in [-0.4, -0.2) is 45.6 Å². The molecule has 0 unspecified atom stereocenters. The van der Waals surface area contributed by atoms with Gasteiger partial charge in [0, 0.05) is 56.4 Å². The van der Waals surface area contributed by atoms with Crippen molar-refractivity contribution in [3.8, 4) is 11.4 Å². The number of nitrogens with zero attached hydrogens (tertiary/aromatic N) is 4. The van der Waals surface area contributed by atoms with E-state index in [9.17, 15) is 14.9 Å². The van der Waals surface area contributed by atoms with Crippen molar-refractivity contribution in [2.45, 2.75) is 13.5 Å². The summed E-state index contributed by atoms with van der Waals surface area (Å²) in [5.41, 5.74) is 1.98. The molecule has 1 aliphatic rings. The number of nitrogens with one attached hydrogen (secondary N) is 2. The van der Waals surface area contributed by atoms with Gasteiger partial charge in [0.05, 0.1) is 32.7 Å². The van der Waals surface area contributed by atoms with Crippen LogP contribution in [0.1, 0.15) is 6.92 Å². The number of hydrogen-bond acceptors (Lipinski definition) is 6. The number of aryl methyl sites for hydroxylation is 1. The van der Waals surface area contributed by atoms with Crippen molar-refractivity contribution in [3.05, 3.63) is 62.7 Å². The van der Waals surface area contributed by atoms with Crippen molar-refractivity contribution in [1.82, 2.24) is 19.9 Å². The van der Waals surface area contributed by atoms with Gasteiger partial charge in [-0.25, -0.2) is 9.37 Å². The summed E-state index contributed by atoms with van der Waals surface area (Å²) in [5.74, 6) is -0.141. The Morgan fingerprint density at radius 1 is 1.22 bits per heavy atom. The molecule has 2 N–H and O–H groups in total. The predicted molar refractivity (Wildman–Crippen MR) is 121 cm³/mol. The minimum atomic E-state index is -0.487. The average molecular weight is 436 g/mol. The maximum Gasteiger partial charge on any atom is 0.271 e. The number of aromatic nitrogens is 3. The van der Waals surface area contributed by atoms with Gasteiger partial charge in [0.15, 0.2) is 5.43 Å². The number of non-ortho nitro benzene ring substituents is 1. The molecule has 4 aromatic rings. The molecule has 1 fully saturated rings. The number of H-pyrrole nitrogens is 1. The zero-order valence-electron chi connectivity index (χ0n) is 17.4. The lowest BCUT2D eigenvalue weighted by molar-refractivity contribution is -0.384. The lowest BCUT2D eigenvalue weighted by atomic mass is 10.1. The first-order valence-electron chi connectivity index (χ1n) is 10.4. The fourth-order valence-corrected chi connectivity index (χ4v) is 4.22. The van der Waals surface area contributed by atoms with Crippen molar-refractivity contribution in [2.24, 2.45) is 0 Å². The van der Waals surface area contributed by atoms with Crippen molar-refractivity contribution in [1.29, 1.82) is 0 Å². The number of rotatable bonds is 4. The van der Waals surface area contributed by atoms with Crippen LogP contribution in [0.15, 0.2) is 41.3 Å². The highest BCUT2D eigenvalue weighted by Crippen LogP contribution is 2.28. The van der Waals surface area contributed by atoms with Gasteiger partial charge < -0.3 is 19.8 Å². The molecule has 0 radical (unpaired) electrons. The molecule has 0 atom stereocenters. The summed E-state index contributed by atoms with van der Waals surface area (Å²) in [6.07, 6.45) is 1.70. The van der Waals surface area contributed by atoms with Crippen molar-refractivity contribution in [2.75, 3.05) is 31.1 Å². The van der Waals surface area contributed by atoms with E-state index in [0.717, 1.165) is 13.1 Å². The summed E-state index contributed by atoms with van der Waals surface area (Å²) in [6, 6.07) is 7.33. The number of aromatic amines is 1. The predicted octanol–water partition coefficient (Wildman–Crippen LogP) is 3.02. The number of anilines is 1. The van der Waals surface area contributed by atoms with Crippen LogP contribution in [0.25, 0.3) is 33.3 Å². The van der Waals surface area contributed by atoms with Gasteiger partial charge in [0.2, 0.25) is 0 Å². The van der Waals surface area contributed by atoms with Gasteiger partial charge in [-0.3, -0.25) is 14.9 Å². The van der Waals surface area contributed by atoms with Crippen molar-refractivity contribution in [3.63, 3.8) is 0 Å². The largest absolute Gasteiger partial charge is 0.367 e. The van der Waals surface area contributed by atoms with E-state index in [1.807, 2.05) is 16.4 Å². The highest BCUT2D eigenvalue weighted by Gasteiger charge is 2.20. The first-order chi connectivity index (χ1) is 15.5. The van der Waals surface area contributed by atoms with Gasteiger partial charge in [-0.1, -0.05) is 0 Å². The van der Waals surface area contributed by atoms with Gasteiger partial charge in [0.25, 0.3) is 5.69 Å². The summed E-state index contributed by atoms with van der Waals surface area (Å²) < 4.78 is 16.9. The SMILES string of the molecule is CCn1cc(-c2nc3ccc([N+](=O)[O-])cc3[nH]2)c(=O)c2cc(F)c(N3CCNCC3)cc21. The van der Waals surface area contributed by atoms with Gasteiger partial charge >= 0.3 is 0 Å². The van der Waals surface area contributed by atoms with Crippen molar-refractivity contribution >= 4 is 33.3 Å². The quantitative estimate of drug-likeness (QED) is 0.376. The van der Waals surface area contributed by atoms with Crippen LogP contribution in [0.4, 0.5) is 15.8 Å². The molecule has 3 heterocycles. The molecule has 32 heavy (non-hydrogen) atoms. The summed E-state index contributed by atoms with van der Waals surface area (Å²) in [4.78, 5) is 33.3. The summed E-state index contributed by atoms with van der Waals surface area (Å²) >= 11 is 0. The molecule has 0 saturated carbocycles. The average Bonchev–Trinajstić information content (AvgIpc) is 3.23. The van der Waals surface area contributed by atoms with E-state index in [4.69, 9.17) is 0 Å². The van der Waals surface area contributed by atoms with E-state index in [0.29, 0.717) is 47.7 Å². The highest BCUT2D eigenvalue weighted by atomic mass is 19.1. The Balaban J connectivity index is 1.68. The van der Waals surface area contributed by atoms with Crippen LogP contribution in [0.3, 0.4) is 0 Å². The molecular weight excluding hydrogens is 415 g/mol. The molecule has 0 amide bonds. The topological polar surface area (TPSA) is 109 Å². The Bertz CT molecular complexity index is 1420. The number of hydrogen-bond donors (Lipinski definition) is 2. The van der Waals surface area contributed by atoms with E-state index >= 15 is 4.39 Å². The molecular formula is C22H21FN6O3. The highest BCUT2D eigenvalue weighted by molar-refractivity contribution is 5.88. The van der Waals surface area contributed by atoms with Crippen LogP contribution < -0.4 is 15.6 Å². The van der Waals surface area contributed by atoms with E-state index in [2.05, 4.69) is 15.3 Å². The van der Waals surface area contributed by atoms with Gasteiger partial charge in [-0.05, 0) is 25.1 Å². The number of nitro groups is 1. The fourth-order valence-electron chi connectivity index (χ4n) is 4.22. The molecule has 10 heteroatoms. The van der Waals surface area contributed by atoms with Crippen LogP contribution >= 0.6 is 0 Å². The molecule has 1 aliphatic heterocycles. The number of benzene rings is 2. The molecule has 0 bridgehead atoms. The Morgan fingerprint density at radius 2 is 2.00 bits per heavy atom. The fraction of sp³-hybridized carbons (Fsp3) is 0.273. The molecule has 2 aromatic heterocycles. The molecule has 9 nitrogen and oxygen atoms in total. The third kappa shape index (κ3) is 3.28. The first kappa shape index (κ1) is 20.1. The van der Waals surface area contributed by atoms with Crippen LogP contribution in [0.2, 0.25) is 0 Å². The third-order valence-corrected chi connectivity index (χ3v) is 5.88. The molecule has 0 aliphatic carbocycles.